The highest BCUT2D eigenvalue weighted by Crippen LogP contribution is 2.05. The quantitative estimate of drug-likeness (QED) is 0.776. The number of sulfonamides is 1. The average Bonchev–Trinajstić information content (AvgIpc) is 2.41. The molecule has 1 aromatic rings. The molecular formula is C14H23N3O3S. The van der Waals surface area contributed by atoms with E-state index in [4.69, 9.17) is 0 Å². The summed E-state index contributed by atoms with van der Waals surface area (Å²) in [6.07, 6.45) is 3.49. The van der Waals surface area contributed by atoms with Crippen LogP contribution in [0.2, 0.25) is 0 Å². The maximum absolute atomic E-state index is 11.9. The van der Waals surface area contributed by atoms with E-state index >= 15 is 0 Å². The number of rotatable bonds is 8. The molecule has 0 aliphatic heterocycles. The Labute approximate surface area is 126 Å². The molecule has 0 spiro atoms. The Kier molecular flexibility index (Phi) is 6.77. The zero-order valence-corrected chi connectivity index (χ0v) is 13.6. The van der Waals surface area contributed by atoms with E-state index in [0.29, 0.717) is 19.0 Å². The minimum absolute atomic E-state index is 0.154. The number of pyridine rings is 1. The van der Waals surface area contributed by atoms with Gasteiger partial charge in [-0.3, -0.25) is 9.78 Å². The second kappa shape index (κ2) is 8.09. The van der Waals surface area contributed by atoms with Crippen LogP contribution in [-0.2, 0) is 21.4 Å². The number of carbonyl (C=O) groups is 1. The molecule has 6 nitrogen and oxygen atoms in total. The topological polar surface area (TPSA) is 79.4 Å². The van der Waals surface area contributed by atoms with Gasteiger partial charge in [0, 0.05) is 12.7 Å². The first-order valence-corrected chi connectivity index (χ1v) is 8.75. The molecule has 118 valence electrons. The molecule has 1 amide bonds. The molecule has 0 aliphatic rings. The van der Waals surface area contributed by atoms with Crippen LogP contribution < -0.4 is 5.32 Å². The van der Waals surface area contributed by atoms with Gasteiger partial charge in [0.2, 0.25) is 15.9 Å². The molecule has 0 saturated heterocycles. The van der Waals surface area contributed by atoms with Crippen molar-refractivity contribution in [3.8, 4) is 0 Å². The zero-order valence-electron chi connectivity index (χ0n) is 12.7. The third kappa shape index (κ3) is 7.19. The summed E-state index contributed by atoms with van der Waals surface area (Å²) in [6.45, 7) is 4.52. The van der Waals surface area contributed by atoms with Crippen molar-refractivity contribution in [1.29, 1.82) is 0 Å². The lowest BCUT2D eigenvalue weighted by Crippen LogP contribution is -2.40. The summed E-state index contributed by atoms with van der Waals surface area (Å²) in [5.74, 6) is 0.0562. The minimum Gasteiger partial charge on any atom is -0.349 e. The van der Waals surface area contributed by atoms with Crippen molar-refractivity contribution < 1.29 is 13.2 Å². The van der Waals surface area contributed by atoms with Crippen LogP contribution in [-0.4, -0.2) is 43.0 Å². The maximum atomic E-state index is 11.9. The van der Waals surface area contributed by atoms with E-state index in [0.717, 1.165) is 18.4 Å². The number of hydrogen-bond donors (Lipinski definition) is 1. The maximum Gasteiger partial charge on any atom is 0.235 e. The van der Waals surface area contributed by atoms with Crippen molar-refractivity contribution in [3.05, 3.63) is 30.1 Å². The van der Waals surface area contributed by atoms with E-state index in [9.17, 15) is 13.2 Å². The molecule has 0 radical (unpaired) electrons. The van der Waals surface area contributed by atoms with E-state index in [1.807, 2.05) is 19.9 Å². The summed E-state index contributed by atoms with van der Waals surface area (Å²) in [6, 6.07) is 5.43. The number of hydrogen-bond acceptors (Lipinski definition) is 4. The second-order valence-corrected chi connectivity index (χ2v) is 7.36. The summed E-state index contributed by atoms with van der Waals surface area (Å²) in [5.41, 5.74) is 0.735. The second-order valence-electron chi connectivity index (χ2n) is 5.38. The van der Waals surface area contributed by atoms with Crippen LogP contribution >= 0.6 is 0 Å². The Morgan fingerprint density at radius 1 is 1.38 bits per heavy atom. The fraction of sp³-hybridized carbons (Fsp3) is 0.571. The monoisotopic (exact) mass is 313 g/mol. The number of aromatic nitrogens is 1. The van der Waals surface area contributed by atoms with E-state index in [-0.39, 0.29) is 12.5 Å². The molecular weight excluding hydrogens is 290 g/mol. The molecule has 0 unspecified atom stereocenters. The van der Waals surface area contributed by atoms with Crippen LogP contribution in [0.4, 0.5) is 0 Å². The Balaban J connectivity index is 2.52. The van der Waals surface area contributed by atoms with Gasteiger partial charge in [-0.05, 0) is 24.5 Å². The average molecular weight is 313 g/mol. The van der Waals surface area contributed by atoms with E-state index in [1.54, 1.807) is 18.3 Å². The van der Waals surface area contributed by atoms with Gasteiger partial charge in [0.1, 0.15) is 0 Å². The molecule has 7 heteroatoms. The lowest BCUT2D eigenvalue weighted by Gasteiger charge is -2.20. The highest BCUT2D eigenvalue weighted by molar-refractivity contribution is 7.88. The third-order valence-electron chi connectivity index (χ3n) is 2.94. The van der Waals surface area contributed by atoms with E-state index < -0.39 is 10.0 Å². The Morgan fingerprint density at radius 3 is 2.62 bits per heavy atom. The summed E-state index contributed by atoms with van der Waals surface area (Å²) >= 11 is 0. The highest BCUT2D eigenvalue weighted by atomic mass is 32.2. The first-order chi connectivity index (χ1) is 9.79. The van der Waals surface area contributed by atoms with E-state index in [2.05, 4.69) is 10.3 Å². The molecule has 21 heavy (non-hydrogen) atoms. The van der Waals surface area contributed by atoms with Crippen LogP contribution in [0, 0.1) is 5.92 Å². The minimum atomic E-state index is -3.38. The van der Waals surface area contributed by atoms with Gasteiger partial charge in [0.25, 0.3) is 0 Å². The van der Waals surface area contributed by atoms with Crippen LogP contribution in [0.5, 0.6) is 0 Å². The zero-order chi connectivity index (χ0) is 15.9. The molecule has 1 rings (SSSR count). The van der Waals surface area contributed by atoms with Gasteiger partial charge < -0.3 is 5.32 Å². The van der Waals surface area contributed by atoms with Crippen molar-refractivity contribution in [3.63, 3.8) is 0 Å². The Bertz CT molecular complexity index is 544. The molecule has 0 atom stereocenters. The Morgan fingerprint density at radius 2 is 2.10 bits per heavy atom. The van der Waals surface area contributed by atoms with Gasteiger partial charge in [0.15, 0.2) is 0 Å². The molecule has 1 heterocycles. The number of nitrogens with zero attached hydrogens (tertiary/aromatic N) is 2. The van der Waals surface area contributed by atoms with Crippen LogP contribution in [0.15, 0.2) is 24.4 Å². The molecule has 1 aromatic heterocycles. The molecule has 0 aromatic carbocycles. The summed E-state index contributed by atoms with van der Waals surface area (Å²) in [4.78, 5) is 16.0. The largest absolute Gasteiger partial charge is 0.349 e. The molecule has 1 N–H and O–H groups in total. The molecule has 0 fully saturated rings. The predicted molar refractivity (Wildman–Crippen MR) is 82.0 cm³/mol. The molecule has 0 aliphatic carbocycles. The van der Waals surface area contributed by atoms with Gasteiger partial charge in [0.05, 0.1) is 25.0 Å². The van der Waals surface area contributed by atoms with Crippen molar-refractivity contribution in [1.82, 2.24) is 14.6 Å². The van der Waals surface area contributed by atoms with Crippen LogP contribution in [0.1, 0.15) is 26.0 Å². The van der Waals surface area contributed by atoms with Crippen LogP contribution in [0.3, 0.4) is 0 Å². The Hall–Kier alpha value is -1.47. The summed E-state index contributed by atoms with van der Waals surface area (Å²) in [5, 5.41) is 2.68. The van der Waals surface area contributed by atoms with Crippen molar-refractivity contribution >= 4 is 15.9 Å². The molecule has 0 bridgehead atoms. The van der Waals surface area contributed by atoms with Crippen molar-refractivity contribution in [2.24, 2.45) is 5.92 Å². The lowest BCUT2D eigenvalue weighted by molar-refractivity contribution is -0.121. The summed E-state index contributed by atoms with van der Waals surface area (Å²) < 4.78 is 24.6. The highest BCUT2D eigenvalue weighted by Gasteiger charge is 2.20. The van der Waals surface area contributed by atoms with E-state index in [1.165, 1.54) is 4.31 Å². The van der Waals surface area contributed by atoms with Crippen LogP contribution in [0.25, 0.3) is 0 Å². The van der Waals surface area contributed by atoms with Gasteiger partial charge in [-0.25, -0.2) is 8.42 Å². The third-order valence-corrected chi connectivity index (χ3v) is 4.19. The first kappa shape index (κ1) is 17.6. The van der Waals surface area contributed by atoms with Gasteiger partial charge in [-0.15, -0.1) is 0 Å². The summed E-state index contributed by atoms with van der Waals surface area (Å²) in [7, 11) is -3.38. The van der Waals surface area contributed by atoms with Crippen molar-refractivity contribution in [2.75, 3.05) is 19.3 Å². The normalized spacial score (nSPS) is 11.9. The van der Waals surface area contributed by atoms with Crippen molar-refractivity contribution in [2.45, 2.75) is 26.8 Å². The molecule has 0 saturated carbocycles. The van der Waals surface area contributed by atoms with Gasteiger partial charge >= 0.3 is 0 Å². The number of carbonyl (C=O) groups excluding carboxylic acids is 1. The SMILES string of the molecule is CC(C)CCN(CC(=O)NCc1ccccn1)S(C)(=O)=O. The fourth-order valence-corrected chi connectivity index (χ4v) is 2.46. The number of nitrogens with one attached hydrogen (secondary N) is 1. The fourth-order valence-electron chi connectivity index (χ4n) is 1.67. The lowest BCUT2D eigenvalue weighted by atomic mass is 10.1. The standard InChI is InChI=1S/C14H23N3O3S/c1-12(2)7-9-17(21(3,19)20)11-14(18)16-10-13-6-4-5-8-15-13/h4-6,8,12H,7,9-11H2,1-3H3,(H,16,18). The predicted octanol–water partition coefficient (Wildman–Crippen LogP) is 1.01. The smallest absolute Gasteiger partial charge is 0.235 e. The van der Waals surface area contributed by atoms with Gasteiger partial charge in [-0.1, -0.05) is 19.9 Å². The number of amides is 1. The van der Waals surface area contributed by atoms with Gasteiger partial charge in [-0.2, -0.15) is 4.31 Å². The first-order valence-electron chi connectivity index (χ1n) is 6.90.